The first-order chi connectivity index (χ1) is 15.9. The van der Waals surface area contributed by atoms with Crippen LogP contribution in [0.3, 0.4) is 0 Å². The van der Waals surface area contributed by atoms with Crippen molar-refractivity contribution in [3.05, 3.63) is 70.8 Å². The topological polar surface area (TPSA) is 52.7 Å². The van der Waals surface area contributed by atoms with Crippen molar-refractivity contribution in [3.8, 4) is 0 Å². The second-order valence-corrected chi connectivity index (χ2v) is 9.83. The standard InChI is InChI=1S/C26H29F2N3O2/c1-17-7-8-20(27)22(23(17)28)24(32)30-12-9-26(10-13-30)11-14-31(16-26)25(33)29-21-15-19(21)18-5-3-2-4-6-18/h2-8,19,21H,9-16H2,1H3,(H,29,33). The third kappa shape index (κ3) is 4.21. The van der Waals surface area contributed by atoms with Gasteiger partial charge in [0.2, 0.25) is 0 Å². The predicted molar refractivity (Wildman–Crippen MR) is 121 cm³/mol. The van der Waals surface area contributed by atoms with E-state index in [0.717, 1.165) is 31.7 Å². The van der Waals surface area contributed by atoms with Crippen LogP contribution >= 0.6 is 0 Å². The van der Waals surface area contributed by atoms with E-state index >= 15 is 0 Å². The molecule has 174 valence electrons. The fourth-order valence-corrected chi connectivity index (χ4v) is 5.38. The normalized spacial score (nSPS) is 23.6. The molecule has 2 aromatic rings. The molecule has 2 saturated heterocycles. The third-order valence-corrected chi connectivity index (χ3v) is 7.66. The molecule has 33 heavy (non-hydrogen) atoms. The van der Waals surface area contributed by atoms with Crippen LogP contribution in [0, 0.1) is 24.0 Å². The number of carbonyl (C=O) groups excluding carboxylic acids is 2. The molecule has 0 aromatic heterocycles. The van der Waals surface area contributed by atoms with Crippen LogP contribution in [0.5, 0.6) is 0 Å². The Bertz CT molecular complexity index is 1070. The molecule has 5 nitrogen and oxygen atoms in total. The van der Waals surface area contributed by atoms with Crippen LogP contribution in [0.15, 0.2) is 42.5 Å². The number of benzene rings is 2. The Morgan fingerprint density at radius 2 is 1.64 bits per heavy atom. The van der Waals surface area contributed by atoms with Gasteiger partial charge in [-0.25, -0.2) is 13.6 Å². The number of urea groups is 1. The number of aryl methyl sites for hydroxylation is 1. The number of nitrogens with one attached hydrogen (secondary N) is 1. The minimum atomic E-state index is -0.819. The van der Waals surface area contributed by atoms with Crippen molar-refractivity contribution in [2.45, 2.75) is 44.6 Å². The molecule has 2 unspecified atom stereocenters. The number of piperidine rings is 1. The lowest BCUT2D eigenvalue weighted by atomic mass is 9.77. The Balaban J connectivity index is 1.15. The van der Waals surface area contributed by atoms with Crippen molar-refractivity contribution in [1.29, 1.82) is 0 Å². The maximum absolute atomic E-state index is 14.4. The molecule has 0 radical (unpaired) electrons. The summed E-state index contributed by atoms with van der Waals surface area (Å²) in [4.78, 5) is 29.1. The number of rotatable bonds is 3. The van der Waals surface area contributed by atoms with Gasteiger partial charge in [0.25, 0.3) is 5.91 Å². The maximum Gasteiger partial charge on any atom is 0.317 e. The quantitative estimate of drug-likeness (QED) is 0.746. The Labute approximate surface area is 192 Å². The zero-order valence-corrected chi connectivity index (χ0v) is 18.8. The molecule has 7 heteroatoms. The molecule has 5 rings (SSSR count). The molecule has 2 aliphatic heterocycles. The van der Waals surface area contributed by atoms with Gasteiger partial charge in [0.05, 0.1) is 0 Å². The van der Waals surface area contributed by atoms with Crippen molar-refractivity contribution >= 4 is 11.9 Å². The first-order valence-corrected chi connectivity index (χ1v) is 11.7. The molecule has 0 bridgehead atoms. The molecular formula is C26H29F2N3O2. The number of hydrogen-bond acceptors (Lipinski definition) is 2. The molecule has 1 saturated carbocycles. The van der Waals surface area contributed by atoms with Gasteiger partial charge in [0.1, 0.15) is 17.2 Å². The molecule has 3 aliphatic rings. The van der Waals surface area contributed by atoms with Gasteiger partial charge in [-0.05, 0) is 55.2 Å². The van der Waals surface area contributed by atoms with Gasteiger partial charge in [0.15, 0.2) is 0 Å². The summed E-state index contributed by atoms with van der Waals surface area (Å²) in [5.74, 6) is -1.79. The number of nitrogens with zero attached hydrogens (tertiary/aromatic N) is 2. The molecule has 2 atom stereocenters. The SMILES string of the molecule is Cc1ccc(F)c(C(=O)N2CCC3(CCN(C(=O)NC4CC4c4ccccc4)C3)CC2)c1F. The van der Waals surface area contributed by atoms with Gasteiger partial charge in [0, 0.05) is 38.1 Å². The van der Waals surface area contributed by atoms with E-state index in [-0.39, 0.29) is 23.1 Å². The monoisotopic (exact) mass is 453 g/mol. The summed E-state index contributed by atoms with van der Waals surface area (Å²) in [5, 5.41) is 3.17. The van der Waals surface area contributed by atoms with Crippen LogP contribution in [0.1, 0.15) is 53.1 Å². The molecular weight excluding hydrogens is 424 g/mol. The Morgan fingerprint density at radius 3 is 2.33 bits per heavy atom. The molecule has 3 amide bonds. The van der Waals surface area contributed by atoms with Crippen LogP contribution < -0.4 is 5.32 Å². The van der Waals surface area contributed by atoms with Crippen LogP contribution in [0.4, 0.5) is 13.6 Å². The van der Waals surface area contributed by atoms with E-state index < -0.39 is 23.1 Å². The van der Waals surface area contributed by atoms with Crippen LogP contribution in [0.2, 0.25) is 0 Å². The van der Waals surface area contributed by atoms with Gasteiger partial charge < -0.3 is 15.1 Å². The fraction of sp³-hybridized carbons (Fsp3) is 0.462. The summed E-state index contributed by atoms with van der Waals surface area (Å²) in [6, 6.07) is 12.9. The van der Waals surface area contributed by atoms with Crippen LogP contribution in [0.25, 0.3) is 0 Å². The summed E-state index contributed by atoms with van der Waals surface area (Å²) in [6.07, 6.45) is 3.32. The molecule has 3 fully saturated rings. The summed E-state index contributed by atoms with van der Waals surface area (Å²) in [5.41, 5.74) is 1.03. The largest absolute Gasteiger partial charge is 0.338 e. The maximum atomic E-state index is 14.4. The Kier molecular flexibility index (Phi) is 5.59. The van der Waals surface area contributed by atoms with Crippen molar-refractivity contribution in [2.24, 2.45) is 5.41 Å². The van der Waals surface area contributed by atoms with Gasteiger partial charge >= 0.3 is 6.03 Å². The van der Waals surface area contributed by atoms with Gasteiger partial charge in [-0.2, -0.15) is 0 Å². The fourth-order valence-electron chi connectivity index (χ4n) is 5.38. The summed E-state index contributed by atoms with van der Waals surface area (Å²) in [7, 11) is 0. The number of likely N-dealkylation sites (tertiary alicyclic amines) is 2. The zero-order valence-electron chi connectivity index (χ0n) is 18.8. The highest BCUT2D eigenvalue weighted by atomic mass is 19.1. The Morgan fingerprint density at radius 1 is 0.970 bits per heavy atom. The van der Waals surface area contributed by atoms with Gasteiger partial charge in [-0.3, -0.25) is 4.79 Å². The van der Waals surface area contributed by atoms with Crippen molar-refractivity contribution in [3.63, 3.8) is 0 Å². The summed E-state index contributed by atoms with van der Waals surface area (Å²) >= 11 is 0. The van der Waals surface area contributed by atoms with Crippen LogP contribution in [-0.4, -0.2) is 54.0 Å². The molecule has 1 N–H and O–H groups in total. The molecule has 2 heterocycles. The minimum absolute atomic E-state index is 0.0160. The first kappa shape index (κ1) is 21.9. The first-order valence-electron chi connectivity index (χ1n) is 11.7. The Hall–Kier alpha value is -2.96. The second kappa shape index (κ2) is 8.43. The van der Waals surface area contributed by atoms with E-state index in [1.54, 1.807) is 4.90 Å². The highest BCUT2D eigenvalue weighted by Gasteiger charge is 2.45. The second-order valence-electron chi connectivity index (χ2n) is 9.83. The van der Waals surface area contributed by atoms with Crippen molar-refractivity contribution in [2.75, 3.05) is 26.2 Å². The summed E-state index contributed by atoms with van der Waals surface area (Å²) in [6.45, 7) is 3.78. The minimum Gasteiger partial charge on any atom is -0.338 e. The number of amides is 3. The third-order valence-electron chi connectivity index (χ3n) is 7.66. The number of hydrogen-bond donors (Lipinski definition) is 1. The van der Waals surface area contributed by atoms with Crippen LogP contribution in [-0.2, 0) is 0 Å². The average molecular weight is 454 g/mol. The van der Waals surface area contributed by atoms with Crippen molar-refractivity contribution in [1.82, 2.24) is 15.1 Å². The lowest BCUT2D eigenvalue weighted by Crippen LogP contribution is -2.46. The summed E-state index contributed by atoms with van der Waals surface area (Å²) < 4.78 is 28.6. The highest BCUT2D eigenvalue weighted by molar-refractivity contribution is 5.95. The highest BCUT2D eigenvalue weighted by Crippen LogP contribution is 2.43. The van der Waals surface area contributed by atoms with E-state index in [1.807, 2.05) is 23.1 Å². The van der Waals surface area contributed by atoms with E-state index in [1.165, 1.54) is 18.6 Å². The van der Waals surface area contributed by atoms with E-state index in [2.05, 4.69) is 17.4 Å². The lowest BCUT2D eigenvalue weighted by molar-refractivity contribution is 0.0584. The molecule has 1 aliphatic carbocycles. The smallest absolute Gasteiger partial charge is 0.317 e. The van der Waals surface area contributed by atoms with Gasteiger partial charge in [-0.1, -0.05) is 36.4 Å². The lowest BCUT2D eigenvalue weighted by Gasteiger charge is -2.39. The average Bonchev–Trinajstić information content (AvgIpc) is 3.47. The predicted octanol–water partition coefficient (Wildman–Crippen LogP) is 4.47. The van der Waals surface area contributed by atoms with E-state index in [9.17, 15) is 18.4 Å². The number of carbonyl (C=O) groups is 2. The van der Waals surface area contributed by atoms with Crippen molar-refractivity contribution < 1.29 is 18.4 Å². The number of halogens is 2. The zero-order chi connectivity index (χ0) is 23.2. The van der Waals surface area contributed by atoms with E-state index in [4.69, 9.17) is 0 Å². The van der Waals surface area contributed by atoms with Gasteiger partial charge in [-0.15, -0.1) is 0 Å². The van der Waals surface area contributed by atoms with E-state index in [0.29, 0.717) is 32.1 Å². The molecule has 1 spiro atoms. The molecule has 2 aromatic carbocycles.